The minimum Gasteiger partial charge on any atom is -0.494 e. The van der Waals surface area contributed by atoms with Crippen molar-refractivity contribution in [2.24, 2.45) is 5.73 Å². The van der Waals surface area contributed by atoms with Crippen molar-refractivity contribution in [3.63, 3.8) is 0 Å². The molecule has 16 heavy (non-hydrogen) atoms. The van der Waals surface area contributed by atoms with Crippen LogP contribution in [-0.2, 0) is 4.79 Å². The van der Waals surface area contributed by atoms with Crippen molar-refractivity contribution < 1.29 is 9.53 Å². The third-order valence-electron chi connectivity index (χ3n) is 2.27. The summed E-state index contributed by atoms with van der Waals surface area (Å²) in [4.78, 5) is 11.5. The number of hydrogen-bond donors (Lipinski definition) is 2. The number of anilines is 1. The molecule has 1 aromatic carbocycles. The van der Waals surface area contributed by atoms with Crippen LogP contribution in [0.15, 0.2) is 12.1 Å². The van der Waals surface area contributed by atoms with E-state index in [4.69, 9.17) is 10.5 Å². The second-order valence-electron chi connectivity index (χ2n) is 3.75. The lowest BCUT2D eigenvalue weighted by Crippen LogP contribution is -2.16. The van der Waals surface area contributed by atoms with Gasteiger partial charge in [0.2, 0.25) is 5.91 Å². The molecule has 0 aliphatic carbocycles. The number of amides is 1. The maximum atomic E-state index is 11.5. The number of carbonyl (C=O) groups excluding carboxylic acids is 1. The Morgan fingerprint density at radius 2 is 2.12 bits per heavy atom. The largest absolute Gasteiger partial charge is 0.494 e. The predicted octanol–water partition coefficient (Wildman–Crippen LogP) is 1.60. The third kappa shape index (κ3) is 2.97. The number of hydrogen-bond acceptors (Lipinski definition) is 3. The van der Waals surface area contributed by atoms with Crippen molar-refractivity contribution in [2.45, 2.75) is 20.3 Å². The number of aryl methyl sites for hydroxylation is 2. The second-order valence-corrected chi connectivity index (χ2v) is 3.75. The molecule has 0 unspecified atom stereocenters. The minimum atomic E-state index is -0.0919. The van der Waals surface area contributed by atoms with Crippen molar-refractivity contribution in [3.05, 3.63) is 23.3 Å². The van der Waals surface area contributed by atoms with Gasteiger partial charge in [0.25, 0.3) is 0 Å². The van der Waals surface area contributed by atoms with Gasteiger partial charge in [-0.1, -0.05) is 6.07 Å². The molecule has 0 saturated heterocycles. The highest BCUT2D eigenvalue weighted by molar-refractivity contribution is 5.92. The second kappa shape index (κ2) is 5.51. The van der Waals surface area contributed by atoms with Gasteiger partial charge in [-0.3, -0.25) is 4.79 Å². The normalized spacial score (nSPS) is 10.0. The van der Waals surface area contributed by atoms with Crippen LogP contribution in [0, 0.1) is 13.8 Å². The van der Waals surface area contributed by atoms with Crippen LogP contribution in [0.1, 0.15) is 17.5 Å². The highest BCUT2D eigenvalue weighted by atomic mass is 16.5. The Bertz CT molecular complexity index is 389. The molecule has 1 aromatic rings. The summed E-state index contributed by atoms with van der Waals surface area (Å²) in [6.45, 7) is 4.27. The number of nitrogens with two attached hydrogens (primary N) is 1. The summed E-state index contributed by atoms with van der Waals surface area (Å²) in [6, 6.07) is 3.90. The van der Waals surface area contributed by atoms with E-state index in [1.165, 1.54) is 0 Å². The highest BCUT2D eigenvalue weighted by Crippen LogP contribution is 2.29. The van der Waals surface area contributed by atoms with E-state index < -0.39 is 0 Å². The van der Waals surface area contributed by atoms with Crippen LogP contribution in [0.3, 0.4) is 0 Å². The number of rotatable bonds is 4. The number of benzene rings is 1. The van der Waals surface area contributed by atoms with Gasteiger partial charge in [-0.25, -0.2) is 0 Å². The topological polar surface area (TPSA) is 64.3 Å². The summed E-state index contributed by atoms with van der Waals surface area (Å²) in [5.41, 5.74) is 8.12. The van der Waals surface area contributed by atoms with Crippen LogP contribution in [0.4, 0.5) is 5.69 Å². The molecule has 0 aromatic heterocycles. The lowest BCUT2D eigenvalue weighted by molar-refractivity contribution is -0.116. The van der Waals surface area contributed by atoms with Gasteiger partial charge < -0.3 is 15.8 Å². The van der Waals surface area contributed by atoms with Crippen molar-refractivity contribution in [2.75, 3.05) is 19.0 Å². The fourth-order valence-corrected chi connectivity index (χ4v) is 1.66. The van der Waals surface area contributed by atoms with Gasteiger partial charge in [-0.15, -0.1) is 0 Å². The third-order valence-corrected chi connectivity index (χ3v) is 2.27. The van der Waals surface area contributed by atoms with E-state index in [-0.39, 0.29) is 5.91 Å². The monoisotopic (exact) mass is 222 g/mol. The van der Waals surface area contributed by atoms with Crippen LogP contribution in [0.2, 0.25) is 0 Å². The molecule has 1 rings (SSSR count). The van der Waals surface area contributed by atoms with Gasteiger partial charge in [0.15, 0.2) is 0 Å². The van der Waals surface area contributed by atoms with E-state index in [2.05, 4.69) is 5.32 Å². The van der Waals surface area contributed by atoms with Gasteiger partial charge >= 0.3 is 0 Å². The molecule has 0 spiro atoms. The Morgan fingerprint density at radius 1 is 1.44 bits per heavy atom. The lowest BCUT2D eigenvalue weighted by atomic mass is 10.1. The lowest BCUT2D eigenvalue weighted by Gasteiger charge is -2.13. The molecule has 88 valence electrons. The molecule has 0 aliphatic rings. The van der Waals surface area contributed by atoms with E-state index in [9.17, 15) is 4.79 Å². The van der Waals surface area contributed by atoms with Crippen LogP contribution in [0.5, 0.6) is 5.75 Å². The summed E-state index contributed by atoms with van der Waals surface area (Å²) in [6.07, 6.45) is 0.316. The van der Waals surface area contributed by atoms with Crippen molar-refractivity contribution in [1.29, 1.82) is 0 Å². The Hall–Kier alpha value is -1.55. The highest BCUT2D eigenvalue weighted by Gasteiger charge is 2.09. The van der Waals surface area contributed by atoms with E-state index >= 15 is 0 Å². The van der Waals surface area contributed by atoms with Crippen LogP contribution in [-0.4, -0.2) is 19.6 Å². The molecule has 0 atom stereocenters. The number of carbonyl (C=O) groups is 1. The first-order chi connectivity index (χ1) is 7.58. The van der Waals surface area contributed by atoms with E-state index in [1.54, 1.807) is 7.11 Å². The first kappa shape index (κ1) is 12.5. The van der Waals surface area contributed by atoms with Gasteiger partial charge in [0.05, 0.1) is 12.8 Å². The molecule has 4 heteroatoms. The zero-order valence-electron chi connectivity index (χ0n) is 9.96. The van der Waals surface area contributed by atoms with Crippen molar-refractivity contribution in [3.8, 4) is 5.75 Å². The number of nitrogens with one attached hydrogen (secondary N) is 1. The summed E-state index contributed by atoms with van der Waals surface area (Å²) < 4.78 is 5.26. The van der Waals surface area contributed by atoms with Crippen LogP contribution >= 0.6 is 0 Å². The SMILES string of the molecule is COc1c(C)cc(C)cc1NC(=O)CCN. The number of methoxy groups -OCH3 is 1. The zero-order chi connectivity index (χ0) is 12.1. The molecule has 0 heterocycles. The Labute approximate surface area is 95.8 Å². The molecule has 4 nitrogen and oxygen atoms in total. The summed E-state index contributed by atoms with van der Waals surface area (Å²) in [5, 5.41) is 2.80. The summed E-state index contributed by atoms with van der Waals surface area (Å²) in [7, 11) is 1.59. The van der Waals surface area contributed by atoms with Crippen LogP contribution < -0.4 is 15.8 Å². The van der Waals surface area contributed by atoms with Crippen molar-refractivity contribution >= 4 is 11.6 Å². The molecule has 1 amide bonds. The maximum Gasteiger partial charge on any atom is 0.225 e. The maximum absolute atomic E-state index is 11.5. The molecule has 0 fully saturated rings. The van der Waals surface area contributed by atoms with Gasteiger partial charge in [-0.05, 0) is 31.0 Å². The summed E-state index contributed by atoms with van der Waals surface area (Å²) in [5.74, 6) is 0.613. The van der Waals surface area contributed by atoms with Gasteiger partial charge in [0, 0.05) is 13.0 Å². The van der Waals surface area contributed by atoms with Crippen LogP contribution in [0.25, 0.3) is 0 Å². The van der Waals surface area contributed by atoms with E-state index in [0.717, 1.165) is 11.1 Å². The minimum absolute atomic E-state index is 0.0919. The first-order valence-corrected chi connectivity index (χ1v) is 5.23. The first-order valence-electron chi connectivity index (χ1n) is 5.23. The molecular formula is C12H18N2O2. The molecule has 3 N–H and O–H groups in total. The quantitative estimate of drug-likeness (QED) is 0.813. The average Bonchev–Trinajstić information content (AvgIpc) is 2.17. The fraction of sp³-hybridized carbons (Fsp3) is 0.417. The molecule has 0 radical (unpaired) electrons. The molecule has 0 aliphatic heterocycles. The van der Waals surface area contributed by atoms with E-state index in [1.807, 2.05) is 26.0 Å². The van der Waals surface area contributed by atoms with E-state index in [0.29, 0.717) is 24.4 Å². The predicted molar refractivity (Wildman–Crippen MR) is 64.8 cm³/mol. The van der Waals surface area contributed by atoms with Crippen molar-refractivity contribution in [1.82, 2.24) is 0 Å². The molecule has 0 bridgehead atoms. The van der Waals surface area contributed by atoms with Gasteiger partial charge in [-0.2, -0.15) is 0 Å². The smallest absolute Gasteiger partial charge is 0.225 e. The Kier molecular flexibility index (Phi) is 4.31. The number of ether oxygens (including phenoxy) is 1. The average molecular weight is 222 g/mol. The Morgan fingerprint density at radius 3 is 2.69 bits per heavy atom. The Balaban J connectivity index is 2.97. The van der Waals surface area contributed by atoms with Gasteiger partial charge in [0.1, 0.15) is 5.75 Å². The molecular weight excluding hydrogens is 204 g/mol. The zero-order valence-corrected chi connectivity index (χ0v) is 9.96. The standard InChI is InChI=1S/C12H18N2O2/c1-8-6-9(2)12(16-3)10(7-8)14-11(15)4-5-13/h6-7H,4-5,13H2,1-3H3,(H,14,15). The summed E-state index contributed by atoms with van der Waals surface area (Å²) >= 11 is 0. The molecule has 0 saturated carbocycles. The fourth-order valence-electron chi connectivity index (χ4n) is 1.66.